The largest absolute Gasteiger partial charge is 0.481 e. The van der Waals surface area contributed by atoms with Crippen molar-refractivity contribution in [2.24, 2.45) is 0 Å². The van der Waals surface area contributed by atoms with Gasteiger partial charge in [0.25, 0.3) is 0 Å². The molecule has 0 aliphatic rings. The molecule has 0 aromatic carbocycles. The first kappa shape index (κ1) is 9.00. The second-order valence-corrected chi connectivity index (χ2v) is 2.56. The molecule has 66 valence electrons. The monoisotopic (exact) mass is 167 g/mol. The second-order valence-electron chi connectivity index (χ2n) is 2.56. The molecule has 0 saturated heterocycles. The number of nitrogens with zero attached hydrogens (tertiary/aromatic N) is 1. The fraction of sp³-hybridized carbons (Fsp3) is 0.444. The lowest BCUT2D eigenvalue weighted by Gasteiger charge is -2.07. The van der Waals surface area contributed by atoms with Crippen LogP contribution in [0.15, 0.2) is 18.3 Å². The topological polar surface area (TPSA) is 42.4 Å². The predicted octanol–water partition coefficient (Wildman–Crippen LogP) is 1.53. The average molecular weight is 167 g/mol. The summed E-state index contributed by atoms with van der Waals surface area (Å²) in [5, 5.41) is 9.41. The molecule has 0 saturated carbocycles. The highest BCUT2D eigenvalue weighted by Gasteiger charge is 2.04. The Hall–Kier alpha value is -1.09. The molecule has 1 heterocycles. The Morgan fingerprint density at radius 2 is 2.33 bits per heavy atom. The Balaban J connectivity index is 2.77. The number of hydrogen-bond acceptors (Lipinski definition) is 3. The zero-order valence-electron chi connectivity index (χ0n) is 7.32. The van der Waals surface area contributed by atoms with E-state index < -0.39 is 6.10 Å². The molecule has 12 heavy (non-hydrogen) atoms. The van der Waals surface area contributed by atoms with Gasteiger partial charge in [-0.2, -0.15) is 0 Å². The van der Waals surface area contributed by atoms with E-state index in [1.807, 2.05) is 13.0 Å². The van der Waals surface area contributed by atoms with E-state index in [4.69, 9.17) is 4.74 Å². The van der Waals surface area contributed by atoms with Gasteiger partial charge in [-0.1, -0.05) is 6.92 Å². The number of methoxy groups -OCH3 is 1. The van der Waals surface area contributed by atoms with Crippen molar-refractivity contribution in [3.8, 4) is 5.88 Å². The first-order valence-corrected chi connectivity index (χ1v) is 3.96. The Morgan fingerprint density at radius 1 is 1.58 bits per heavy atom. The SMILES string of the molecule is CC[C@@H](O)c1ccc(OC)nc1. The van der Waals surface area contributed by atoms with Crippen LogP contribution in [0.25, 0.3) is 0 Å². The van der Waals surface area contributed by atoms with Gasteiger partial charge in [0.05, 0.1) is 13.2 Å². The van der Waals surface area contributed by atoms with Gasteiger partial charge in [0, 0.05) is 12.3 Å². The molecule has 0 amide bonds. The third-order valence-corrected chi connectivity index (χ3v) is 1.74. The van der Waals surface area contributed by atoms with Gasteiger partial charge in [-0.25, -0.2) is 4.98 Å². The van der Waals surface area contributed by atoms with Gasteiger partial charge in [-0.3, -0.25) is 0 Å². The molecule has 0 aliphatic heterocycles. The van der Waals surface area contributed by atoms with Crippen molar-refractivity contribution in [2.45, 2.75) is 19.4 Å². The third kappa shape index (κ3) is 1.95. The minimum absolute atomic E-state index is 0.414. The fourth-order valence-corrected chi connectivity index (χ4v) is 0.945. The van der Waals surface area contributed by atoms with Gasteiger partial charge in [0.1, 0.15) is 0 Å². The number of aliphatic hydroxyl groups excluding tert-OH is 1. The van der Waals surface area contributed by atoms with Gasteiger partial charge < -0.3 is 9.84 Å². The molecule has 0 aliphatic carbocycles. The van der Waals surface area contributed by atoms with Crippen LogP contribution in [0.3, 0.4) is 0 Å². The van der Waals surface area contributed by atoms with E-state index in [0.717, 1.165) is 5.56 Å². The molecule has 0 unspecified atom stereocenters. The number of aliphatic hydroxyl groups is 1. The summed E-state index contributed by atoms with van der Waals surface area (Å²) in [6, 6.07) is 3.56. The number of aromatic nitrogens is 1. The normalized spacial score (nSPS) is 12.6. The Labute approximate surface area is 72.0 Å². The minimum atomic E-state index is -0.414. The van der Waals surface area contributed by atoms with Crippen LogP contribution in [0, 0.1) is 0 Å². The lowest BCUT2D eigenvalue weighted by molar-refractivity contribution is 0.173. The van der Waals surface area contributed by atoms with Crippen LogP contribution in [0.4, 0.5) is 0 Å². The summed E-state index contributed by atoms with van der Waals surface area (Å²) in [7, 11) is 1.57. The minimum Gasteiger partial charge on any atom is -0.481 e. The Morgan fingerprint density at radius 3 is 2.75 bits per heavy atom. The maximum atomic E-state index is 9.41. The first-order chi connectivity index (χ1) is 5.77. The van der Waals surface area contributed by atoms with E-state index in [0.29, 0.717) is 12.3 Å². The molecule has 1 N–H and O–H groups in total. The van der Waals surface area contributed by atoms with Crippen molar-refractivity contribution >= 4 is 0 Å². The van der Waals surface area contributed by atoms with Gasteiger partial charge in [-0.15, -0.1) is 0 Å². The number of hydrogen-bond donors (Lipinski definition) is 1. The summed E-state index contributed by atoms with van der Waals surface area (Å²) < 4.78 is 4.89. The summed E-state index contributed by atoms with van der Waals surface area (Å²) in [5.41, 5.74) is 0.832. The molecule has 1 atom stereocenters. The molecule has 1 rings (SSSR count). The molecule has 3 nitrogen and oxygen atoms in total. The molecule has 1 aromatic rings. The van der Waals surface area contributed by atoms with Gasteiger partial charge in [0.2, 0.25) is 5.88 Å². The number of rotatable bonds is 3. The van der Waals surface area contributed by atoms with Crippen molar-refractivity contribution in [2.75, 3.05) is 7.11 Å². The van der Waals surface area contributed by atoms with Crippen molar-refractivity contribution < 1.29 is 9.84 Å². The van der Waals surface area contributed by atoms with E-state index >= 15 is 0 Å². The molecular weight excluding hydrogens is 154 g/mol. The van der Waals surface area contributed by atoms with Crippen LogP contribution in [-0.4, -0.2) is 17.2 Å². The quantitative estimate of drug-likeness (QED) is 0.742. The molecule has 0 bridgehead atoms. The van der Waals surface area contributed by atoms with Crippen LogP contribution >= 0.6 is 0 Å². The molecule has 0 radical (unpaired) electrons. The highest BCUT2D eigenvalue weighted by molar-refractivity contribution is 5.19. The summed E-state index contributed by atoms with van der Waals surface area (Å²) in [4.78, 5) is 3.98. The first-order valence-electron chi connectivity index (χ1n) is 3.96. The van der Waals surface area contributed by atoms with E-state index in [-0.39, 0.29) is 0 Å². The highest BCUT2D eigenvalue weighted by Crippen LogP contribution is 2.16. The van der Waals surface area contributed by atoms with Crippen molar-refractivity contribution in [3.63, 3.8) is 0 Å². The summed E-state index contributed by atoms with van der Waals surface area (Å²) in [6.45, 7) is 1.93. The van der Waals surface area contributed by atoms with E-state index in [9.17, 15) is 5.11 Å². The zero-order chi connectivity index (χ0) is 8.97. The zero-order valence-corrected chi connectivity index (χ0v) is 7.32. The van der Waals surface area contributed by atoms with Crippen molar-refractivity contribution in [1.29, 1.82) is 0 Å². The lowest BCUT2D eigenvalue weighted by atomic mass is 10.1. The van der Waals surface area contributed by atoms with Crippen LogP contribution in [0.5, 0.6) is 5.88 Å². The van der Waals surface area contributed by atoms with Crippen LogP contribution in [-0.2, 0) is 0 Å². The number of pyridine rings is 1. The molecule has 0 spiro atoms. The highest BCUT2D eigenvalue weighted by atomic mass is 16.5. The van der Waals surface area contributed by atoms with Gasteiger partial charge in [0.15, 0.2) is 0 Å². The lowest BCUT2D eigenvalue weighted by Crippen LogP contribution is -1.96. The average Bonchev–Trinajstić information content (AvgIpc) is 2.17. The standard InChI is InChI=1S/C9H13NO2/c1-3-8(11)7-4-5-9(12-2)10-6-7/h4-6,8,11H,3H2,1-2H3/t8-/m1/s1. The van der Waals surface area contributed by atoms with Gasteiger partial charge >= 0.3 is 0 Å². The smallest absolute Gasteiger partial charge is 0.212 e. The summed E-state index contributed by atoms with van der Waals surface area (Å²) in [5.74, 6) is 0.571. The second kappa shape index (κ2) is 4.07. The molecule has 3 heteroatoms. The van der Waals surface area contributed by atoms with E-state index in [1.165, 1.54) is 0 Å². The summed E-state index contributed by atoms with van der Waals surface area (Å²) in [6.07, 6.45) is 1.92. The van der Waals surface area contributed by atoms with E-state index in [1.54, 1.807) is 19.4 Å². The maximum Gasteiger partial charge on any atom is 0.212 e. The summed E-state index contributed by atoms with van der Waals surface area (Å²) >= 11 is 0. The van der Waals surface area contributed by atoms with Gasteiger partial charge in [-0.05, 0) is 18.1 Å². The van der Waals surface area contributed by atoms with Crippen molar-refractivity contribution in [1.82, 2.24) is 4.98 Å². The Bertz CT molecular complexity index is 233. The maximum absolute atomic E-state index is 9.41. The Kier molecular flexibility index (Phi) is 3.05. The van der Waals surface area contributed by atoms with E-state index in [2.05, 4.69) is 4.98 Å². The van der Waals surface area contributed by atoms with Crippen molar-refractivity contribution in [3.05, 3.63) is 23.9 Å². The van der Waals surface area contributed by atoms with Crippen LogP contribution < -0.4 is 4.74 Å². The predicted molar refractivity (Wildman–Crippen MR) is 46.0 cm³/mol. The number of ether oxygens (including phenoxy) is 1. The fourth-order valence-electron chi connectivity index (χ4n) is 0.945. The molecule has 0 fully saturated rings. The molecule has 1 aromatic heterocycles. The van der Waals surface area contributed by atoms with Crippen LogP contribution in [0.2, 0.25) is 0 Å². The molecular formula is C9H13NO2. The third-order valence-electron chi connectivity index (χ3n) is 1.74. The van der Waals surface area contributed by atoms with Crippen LogP contribution in [0.1, 0.15) is 25.0 Å².